The lowest BCUT2D eigenvalue weighted by Crippen LogP contribution is -2.25. The highest BCUT2D eigenvalue weighted by atomic mass is 79.9. The third-order valence-corrected chi connectivity index (χ3v) is 3.30. The van der Waals surface area contributed by atoms with Crippen molar-refractivity contribution in [2.75, 3.05) is 11.4 Å². The van der Waals surface area contributed by atoms with Crippen molar-refractivity contribution in [3.63, 3.8) is 0 Å². The van der Waals surface area contributed by atoms with Gasteiger partial charge in [0.05, 0.1) is 10.7 Å². The molecule has 1 atom stereocenters. The summed E-state index contributed by atoms with van der Waals surface area (Å²) in [5.41, 5.74) is 0.0638. The molecule has 0 aromatic heterocycles. The van der Waals surface area contributed by atoms with E-state index in [0.29, 0.717) is 13.0 Å². The number of amides is 1. The third-order valence-electron chi connectivity index (χ3n) is 2.38. The van der Waals surface area contributed by atoms with Crippen molar-refractivity contribution in [3.8, 4) is 5.75 Å². The fourth-order valence-electron chi connectivity index (χ4n) is 1.63. The van der Waals surface area contributed by atoms with Gasteiger partial charge < -0.3 is 10.0 Å². The average Bonchev–Trinajstić information content (AvgIpc) is 2.51. The largest absolute Gasteiger partial charge is 0.506 e. The molecule has 1 saturated heterocycles. The van der Waals surface area contributed by atoms with Crippen LogP contribution in [0.1, 0.15) is 6.42 Å². The second kappa shape index (κ2) is 4.22. The summed E-state index contributed by atoms with van der Waals surface area (Å²) >= 11 is 8.86. The van der Waals surface area contributed by atoms with Crippen LogP contribution in [0.15, 0.2) is 12.1 Å². The summed E-state index contributed by atoms with van der Waals surface area (Å²) in [6, 6.07) is 2.17. The number of phenolic OH excluding ortho intramolecular Hbond substituents is 1. The van der Waals surface area contributed by atoms with Gasteiger partial charge in [-0.05, 0) is 6.07 Å². The van der Waals surface area contributed by atoms with Gasteiger partial charge in [0.25, 0.3) is 0 Å². The van der Waals surface area contributed by atoms with Gasteiger partial charge in [-0.1, -0.05) is 27.5 Å². The highest BCUT2D eigenvalue weighted by molar-refractivity contribution is 9.09. The predicted molar refractivity (Wildman–Crippen MR) is 62.8 cm³/mol. The first kappa shape index (κ1) is 11.7. The van der Waals surface area contributed by atoms with Crippen molar-refractivity contribution in [3.05, 3.63) is 23.0 Å². The number of hydrogen-bond donors (Lipinski definition) is 1. The van der Waals surface area contributed by atoms with Crippen molar-refractivity contribution < 1.29 is 14.3 Å². The van der Waals surface area contributed by atoms with Gasteiger partial charge in [0, 0.05) is 23.9 Å². The van der Waals surface area contributed by atoms with Gasteiger partial charge in [-0.2, -0.15) is 0 Å². The molecule has 1 aliphatic rings. The van der Waals surface area contributed by atoms with Gasteiger partial charge in [0.1, 0.15) is 11.6 Å². The Morgan fingerprint density at radius 2 is 2.25 bits per heavy atom. The Balaban J connectivity index is 2.41. The van der Waals surface area contributed by atoms with Crippen LogP contribution in [0, 0.1) is 5.82 Å². The first-order valence-electron chi connectivity index (χ1n) is 4.61. The molecule has 6 heteroatoms. The van der Waals surface area contributed by atoms with Crippen LogP contribution >= 0.6 is 27.5 Å². The van der Waals surface area contributed by atoms with E-state index in [0.717, 1.165) is 6.07 Å². The minimum atomic E-state index is -0.613. The molecule has 1 amide bonds. The number of carbonyl (C=O) groups is 1. The van der Waals surface area contributed by atoms with Crippen molar-refractivity contribution in [2.45, 2.75) is 11.2 Å². The van der Waals surface area contributed by atoms with E-state index < -0.39 is 5.82 Å². The predicted octanol–water partition coefficient (Wildman–Crippen LogP) is 2.68. The molecule has 0 aliphatic carbocycles. The van der Waals surface area contributed by atoms with E-state index in [2.05, 4.69) is 15.9 Å². The van der Waals surface area contributed by atoms with Gasteiger partial charge >= 0.3 is 0 Å². The highest BCUT2D eigenvalue weighted by Gasteiger charge is 2.30. The lowest BCUT2D eigenvalue weighted by molar-refractivity contribution is -0.117. The molecular formula is C10H8BrClFNO2. The SMILES string of the molecule is O=C1CC(Br)CN1c1cc(O)c(Cl)cc1F. The molecule has 16 heavy (non-hydrogen) atoms. The van der Waals surface area contributed by atoms with Crippen molar-refractivity contribution in [1.29, 1.82) is 0 Å². The molecular weight excluding hydrogens is 300 g/mol. The molecule has 2 rings (SSSR count). The molecule has 1 aromatic rings. The van der Waals surface area contributed by atoms with Crippen LogP contribution in [0.3, 0.4) is 0 Å². The second-order valence-corrected chi connectivity index (χ2v) is 5.26. The molecule has 86 valence electrons. The summed E-state index contributed by atoms with van der Waals surface area (Å²) < 4.78 is 13.6. The molecule has 1 aliphatic heterocycles. The molecule has 1 N–H and O–H groups in total. The molecule has 0 saturated carbocycles. The zero-order valence-electron chi connectivity index (χ0n) is 8.08. The molecule has 1 unspecified atom stereocenters. The summed E-state index contributed by atoms with van der Waals surface area (Å²) in [5, 5.41) is 9.32. The van der Waals surface area contributed by atoms with Crippen LogP contribution < -0.4 is 4.90 Å². The van der Waals surface area contributed by atoms with E-state index in [1.807, 2.05) is 0 Å². The number of rotatable bonds is 1. The van der Waals surface area contributed by atoms with E-state index in [1.165, 1.54) is 11.0 Å². The Labute approximate surface area is 105 Å². The third kappa shape index (κ3) is 2.01. The Bertz CT molecular complexity index is 455. The standard InChI is InChI=1S/C10H8BrClFNO2/c11-5-1-10(16)14(4-5)8-3-9(15)6(12)2-7(8)13/h2-3,5,15H,1,4H2. The van der Waals surface area contributed by atoms with E-state index in [9.17, 15) is 14.3 Å². The number of benzene rings is 1. The van der Waals surface area contributed by atoms with Crippen molar-refractivity contribution in [1.82, 2.24) is 0 Å². The molecule has 1 heterocycles. The fourth-order valence-corrected chi connectivity index (χ4v) is 2.35. The monoisotopic (exact) mass is 307 g/mol. The highest BCUT2D eigenvalue weighted by Crippen LogP contribution is 2.34. The maximum atomic E-state index is 13.6. The van der Waals surface area contributed by atoms with Gasteiger partial charge in [-0.3, -0.25) is 4.79 Å². The first-order chi connectivity index (χ1) is 7.49. The minimum absolute atomic E-state index is 0.0113. The smallest absolute Gasteiger partial charge is 0.228 e. The zero-order chi connectivity index (χ0) is 11.9. The lowest BCUT2D eigenvalue weighted by atomic mass is 10.2. The fraction of sp³-hybridized carbons (Fsp3) is 0.300. The van der Waals surface area contributed by atoms with E-state index >= 15 is 0 Å². The van der Waals surface area contributed by atoms with Crippen LogP contribution in [-0.4, -0.2) is 22.4 Å². The van der Waals surface area contributed by atoms with Gasteiger partial charge in [0.15, 0.2) is 0 Å². The van der Waals surface area contributed by atoms with Crippen molar-refractivity contribution in [2.24, 2.45) is 0 Å². The number of nitrogens with zero attached hydrogens (tertiary/aromatic N) is 1. The van der Waals surface area contributed by atoms with Gasteiger partial charge in [-0.25, -0.2) is 4.39 Å². The average molecular weight is 309 g/mol. The Morgan fingerprint density at radius 1 is 1.56 bits per heavy atom. The molecule has 1 aromatic carbocycles. The number of alkyl halides is 1. The number of aromatic hydroxyl groups is 1. The van der Waals surface area contributed by atoms with E-state index in [-0.39, 0.29) is 27.2 Å². The summed E-state index contributed by atoms with van der Waals surface area (Å²) in [7, 11) is 0. The topological polar surface area (TPSA) is 40.5 Å². The molecule has 0 spiro atoms. The van der Waals surface area contributed by atoms with Crippen LogP contribution in [-0.2, 0) is 4.79 Å². The first-order valence-corrected chi connectivity index (χ1v) is 5.91. The summed E-state index contributed by atoms with van der Waals surface area (Å²) in [6.45, 7) is 0.386. The second-order valence-electron chi connectivity index (χ2n) is 3.56. The number of carbonyl (C=O) groups excluding carboxylic acids is 1. The van der Waals surface area contributed by atoms with E-state index in [1.54, 1.807) is 0 Å². The van der Waals surface area contributed by atoms with E-state index in [4.69, 9.17) is 11.6 Å². The Morgan fingerprint density at radius 3 is 2.81 bits per heavy atom. The Kier molecular flexibility index (Phi) is 3.08. The number of hydrogen-bond acceptors (Lipinski definition) is 2. The molecule has 3 nitrogen and oxygen atoms in total. The lowest BCUT2D eigenvalue weighted by Gasteiger charge is -2.17. The molecule has 0 bridgehead atoms. The van der Waals surface area contributed by atoms with Crippen molar-refractivity contribution >= 4 is 39.1 Å². The minimum Gasteiger partial charge on any atom is -0.506 e. The molecule has 0 radical (unpaired) electrons. The summed E-state index contributed by atoms with van der Waals surface area (Å²) in [6.07, 6.45) is 0.322. The number of anilines is 1. The summed E-state index contributed by atoms with van der Waals surface area (Å²) in [4.78, 5) is 12.9. The number of phenols is 1. The van der Waals surface area contributed by atoms with Crippen LogP contribution in [0.4, 0.5) is 10.1 Å². The van der Waals surface area contributed by atoms with Gasteiger partial charge in [0.2, 0.25) is 5.91 Å². The van der Waals surface area contributed by atoms with Crippen LogP contribution in [0.25, 0.3) is 0 Å². The normalized spacial score (nSPS) is 20.6. The number of halogens is 3. The quantitative estimate of drug-likeness (QED) is 0.810. The summed E-state index contributed by atoms with van der Waals surface area (Å²) in [5.74, 6) is -1.02. The Hall–Kier alpha value is -0.810. The van der Waals surface area contributed by atoms with Crippen LogP contribution in [0.2, 0.25) is 5.02 Å². The maximum Gasteiger partial charge on any atom is 0.228 e. The maximum absolute atomic E-state index is 13.6. The zero-order valence-corrected chi connectivity index (χ0v) is 10.4. The van der Waals surface area contributed by atoms with Crippen LogP contribution in [0.5, 0.6) is 5.75 Å². The molecule has 1 fully saturated rings. The van der Waals surface area contributed by atoms with Gasteiger partial charge in [-0.15, -0.1) is 0 Å².